The first-order valence-electron chi connectivity index (χ1n) is 4.37. The van der Waals surface area contributed by atoms with E-state index in [1.807, 2.05) is 11.6 Å². The predicted octanol–water partition coefficient (Wildman–Crippen LogP) is 1.20. The summed E-state index contributed by atoms with van der Waals surface area (Å²) in [5, 5.41) is 13.5. The highest BCUT2D eigenvalue weighted by molar-refractivity contribution is 5.13. The quantitative estimate of drug-likeness (QED) is 0.680. The molecule has 0 unspecified atom stereocenters. The molecular weight excluding hydrogens is 152 g/mol. The Morgan fingerprint density at radius 2 is 2.17 bits per heavy atom. The average molecular weight is 166 g/mol. The first-order chi connectivity index (χ1) is 5.66. The Bertz CT molecular complexity index is 267. The standard InChI is InChI=1S/C9H14N2O/c1-6-5-11(10-7(6)2)8-3-9(12)4-8/h5,8-9,12H,3-4H2,1-2H3. The molecule has 0 atom stereocenters. The maximum atomic E-state index is 9.11. The van der Waals surface area contributed by atoms with Gasteiger partial charge in [0.15, 0.2) is 0 Å². The van der Waals surface area contributed by atoms with Crippen molar-refractivity contribution in [2.24, 2.45) is 0 Å². The Morgan fingerprint density at radius 3 is 2.58 bits per heavy atom. The Labute approximate surface area is 72.0 Å². The van der Waals surface area contributed by atoms with E-state index in [9.17, 15) is 0 Å². The van der Waals surface area contributed by atoms with Crippen LogP contribution in [0, 0.1) is 13.8 Å². The molecule has 3 nitrogen and oxygen atoms in total. The molecule has 0 saturated heterocycles. The van der Waals surface area contributed by atoms with Gasteiger partial charge in [0.2, 0.25) is 0 Å². The molecular formula is C9H14N2O. The Balaban J connectivity index is 2.14. The molecule has 1 aromatic rings. The second-order valence-electron chi connectivity index (χ2n) is 3.66. The molecule has 0 radical (unpaired) electrons. The molecule has 1 aliphatic rings. The van der Waals surface area contributed by atoms with Crippen molar-refractivity contribution in [3.8, 4) is 0 Å². The van der Waals surface area contributed by atoms with E-state index in [1.54, 1.807) is 0 Å². The van der Waals surface area contributed by atoms with Crippen molar-refractivity contribution < 1.29 is 5.11 Å². The SMILES string of the molecule is Cc1cn(C2CC(O)C2)nc1C. The van der Waals surface area contributed by atoms with Crippen LogP contribution in [0.4, 0.5) is 0 Å². The molecule has 0 amide bonds. The highest BCUT2D eigenvalue weighted by Gasteiger charge is 2.29. The molecule has 1 aromatic heterocycles. The Kier molecular flexibility index (Phi) is 1.68. The van der Waals surface area contributed by atoms with Gasteiger partial charge in [0.1, 0.15) is 0 Å². The number of hydrogen-bond acceptors (Lipinski definition) is 2. The van der Waals surface area contributed by atoms with E-state index in [0.717, 1.165) is 18.5 Å². The van der Waals surface area contributed by atoms with Gasteiger partial charge in [0.25, 0.3) is 0 Å². The zero-order valence-electron chi connectivity index (χ0n) is 7.49. The van der Waals surface area contributed by atoms with Crippen molar-refractivity contribution in [1.29, 1.82) is 0 Å². The normalized spacial score (nSPS) is 28.6. The highest BCUT2D eigenvalue weighted by atomic mass is 16.3. The molecule has 2 rings (SSSR count). The van der Waals surface area contributed by atoms with E-state index in [2.05, 4.69) is 18.2 Å². The van der Waals surface area contributed by atoms with Crippen LogP contribution in [0.2, 0.25) is 0 Å². The molecule has 12 heavy (non-hydrogen) atoms. The lowest BCUT2D eigenvalue weighted by Gasteiger charge is -2.31. The molecule has 3 heteroatoms. The topological polar surface area (TPSA) is 38.0 Å². The summed E-state index contributed by atoms with van der Waals surface area (Å²) in [4.78, 5) is 0. The predicted molar refractivity (Wildman–Crippen MR) is 46.0 cm³/mol. The monoisotopic (exact) mass is 166 g/mol. The summed E-state index contributed by atoms with van der Waals surface area (Å²) in [5.74, 6) is 0. The first-order valence-corrected chi connectivity index (χ1v) is 4.37. The Morgan fingerprint density at radius 1 is 1.50 bits per heavy atom. The van der Waals surface area contributed by atoms with E-state index in [0.29, 0.717) is 6.04 Å². The van der Waals surface area contributed by atoms with Crippen LogP contribution in [0.5, 0.6) is 0 Å². The van der Waals surface area contributed by atoms with Crippen molar-refractivity contribution in [2.75, 3.05) is 0 Å². The summed E-state index contributed by atoms with van der Waals surface area (Å²) in [6.45, 7) is 4.08. The first kappa shape index (κ1) is 7.80. The Hall–Kier alpha value is -0.830. The highest BCUT2D eigenvalue weighted by Crippen LogP contribution is 2.31. The van der Waals surface area contributed by atoms with Crippen molar-refractivity contribution in [2.45, 2.75) is 38.8 Å². The van der Waals surface area contributed by atoms with Gasteiger partial charge in [-0.15, -0.1) is 0 Å². The van der Waals surface area contributed by atoms with Crippen molar-refractivity contribution in [1.82, 2.24) is 9.78 Å². The van der Waals surface area contributed by atoms with Gasteiger partial charge in [-0.05, 0) is 32.3 Å². The summed E-state index contributed by atoms with van der Waals surface area (Å²) in [6.07, 6.45) is 3.69. The van der Waals surface area contributed by atoms with Crippen LogP contribution in [-0.4, -0.2) is 21.0 Å². The van der Waals surface area contributed by atoms with Gasteiger partial charge in [0, 0.05) is 6.20 Å². The lowest BCUT2D eigenvalue weighted by molar-refractivity contribution is 0.0433. The molecule has 1 heterocycles. The fourth-order valence-electron chi connectivity index (χ4n) is 1.53. The maximum Gasteiger partial charge on any atom is 0.0622 e. The molecule has 66 valence electrons. The number of hydrogen-bond donors (Lipinski definition) is 1. The third-order valence-electron chi connectivity index (χ3n) is 2.62. The van der Waals surface area contributed by atoms with Gasteiger partial charge in [-0.2, -0.15) is 5.10 Å². The van der Waals surface area contributed by atoms with Crippen LogP contribution in [0.25, 0.3) is 0 Å². The van der Waals surface area contributed by atoms with E-state index >= 15 is 0 Å². The van der Waals surface area contributed by atoms with Gasteiger partial charge in [-0.1, -0.05) is 0 Å². The second-order valence-corrected chi connectivity index (χ2v) is 3.66. The summed E-state index contributed by atoms with van der Waals surface area (Å²) in [7, 11) is 0. The van der Waals surface area contributed by atoms with Crippen LogP contribution in [0.3, 0.4) is 0 Å². The number of nitrogens with zero attached hydrogens (tertiary/aromatic N) is 2. The minimum Gasteiger partial charge on any atom is -0.393 e. The molecule has 1 aliphatic carbocycles. The zero-order valence-corrected chi connectivity index (χ0v) is 7.49. The van der Waals surface area contributed by atoms with Crippen molar-refractivity contribution in [3.05, 3.63) is 17.5 Å². The maximum absolute atomic E-state index is 9.11. The summed E-state index contributed by atoms with van der Waals surface area (Å²) in [6, 6.07) is 0.437. The minimum atomic E-state index is -0.0974. The molecule has 0 bridgehead atoms. The lowest BCUT2D eigenvalue weighted by Crippen LogP contribution is -2.31. The van der Waals surface area contributed by atoms with E-state index in [4.69, 9.17) is 5.11 Å². The van der Waals surface area contributed by atoms with Crippen LogP contribution in [-0.2, 0) is 0 Å². The summed E-state index contributed by atoms with van der Waals surface area (Å²) in [5.41, 5.74) is 2.33. The van der Waals surface area contributed by atoms with Crippen LogP contribution < -0.4 is 0 Å². The molecule has 0 aromatic carbocycles. The number of aliphatic hydroxyl groups is 1. The van der Waals surface area contributed by atoms with Gasteiger partial charge < -0.3 is 5.11 Å². The van der Waals surface area contributed by atoms with Gasteiger partial charge in [0.05, 0.1) is 17.8 Å². The average Bonchev–Trinajstić information content (AvgIpc) is 2.26. The number of aromatic nitrogens is 2. The van der Waals surface area contributed by atoms with Crippen molar-refractivity contribution >= 4 is 0 Å². The summed E-state index contributed by atoms with van der Waals surface area (Å²) < 4.78 is 1.98. The molecule has 0 spiro atoms. The summed E-state index contributed by atoms with van der Waals surface area (Å²) >= 11 is 0. The van der Waals surface area contributed by atoms with Gasteiger partial charge in [-0.3, -0.25) is 4.68 Å². The van der Waals surface area contributed by atoms with Gasteiger partial charge in [-0.25, -0.2) is 0 Å². The molecule has 1 N–H and O–H groups in total. The number of aliphatic hydroxyl groups excluding tert-OH is 1. The molecule has 1 saturated carbocycles. The van der Waals surface area contributed by atoms with Crippen molar-refractivity contribution in [3.63, 3.8) is 0 Å². The number of aryl methyl sites for hydroxylation is 2. The smallest absolute Gasteiger partial charge is 0.0622 e. The third kappa shape index (κ3) is 1.14. The zero-order chi connectivity index (χ0) is 8.72. The lowest BCUT2D eigenvalue weighted by atomic mass is 9.90. The fraction of sp³-hybridized carbons (Fsp3) is 0.667. The minimum absolute atomic E-state index is 0.0974. The fourth-order valence-corrected chi connectivity index (χ4v) is 1.53. The third-order valence-corrected chi connectivity index (χ3v) is 2.62. The van der Waals surface area contributed by atoms with E-state index in [-0.39, 0.29) is 6.10 Å². The molecule has 1 fully saturated rings. The van der Waals surface area contributed by atoms with Crippen LogP contribution in [0.1, 0.15) is 30.1 Å². The van der Waals surface area contributed by atoms with E-state index < -0.39 is 0 Å². The largest absolute Gasteiger partial charge is 0.393 e. The van der Waals surface area contributed by atoms with E-state index in [1.165, 1.54) is 5.56 Å². The number of rotatable bonds is 1. The van der Waals surface area contributed by atoms with Crippen LogP contribution in [0.15, 0.2) is 6.20 Å². The molecule has 0 aliphatic heterocycles. The second kappa shape index (κ2) is 2.59. The van der Waals surface area contributed by atoms with Gasteiger partial charge >= 0.3 is 0 Å². The van der Waals surface area contributed by atoms with Crippen LogP contribution >= 0.6 is 0 Å².